The first-order valence-corrected chi connectivity index (χ1v) is 17.7. The Hall–Kier alpha value is -4.74. The van der Waals surface area contributed by atoms with Gasteiger partial charge in [0.15, 0.2) is 30.9 Å². The molecule has 2 fully saturated rings. The Bertz CT molecular complexity index is 1630. The molecular formula is C40H46O15. The van der Waals surface area contributed by atoms with Crippen LogP contribution in [0.3, 0.4) is 0 Å². The van der Waals surface area contributed by atoms with E-state index in [0.717, 1.165) is 44.4 Å². The number of carbonyl (C=O) groups is 4. The lowest BCUT2D eigenvalue weighted by Gasteiger charge is -2.48. The van der Waals surface area contributed by atoms with Crippen molar-refractivity contribution in [3.63, 3.8) is 0 Å². The summed E-state index contributed by atoms with van der Waals surface area (Å²) in [5.74, 6) is -3.20. The van der Waals surface area contributed by atoms with Crippen LogP contribution in [0, 0.1) is 0 Å². The van der Waals surface area contributed by atoms with E-state index in [1.807, 2.05) is 91.0 Å². The van der Waals surface area contributed by atoms with E-state index in [1.165, 1.54) is 7.11 Å². The van der Waals surface area contributed by atoms with E-state index in [2.05, 4.69) is 0 Å². The van der Waals surface area contributed by atoms with Gasteiger partial charge in [0.25, 0.3) is 0 Å². The van der Waals surface area contributed by atoms with Crippen molar-refractivity contribution in [1.82, 2.24) is 0 Å². The molecule has 296 valence electrons. The SMILES string of the molecule is CO[C@H]1O[C@H](COC(c2ccccc2)(c2ccccc2)c2ccccc2)[C@H](O)[C@H](O[C@@H]2O[C@H](COC(C)=O)[C@@H](OC(C)=O)[C@H](OC(C)=O)[C@H]2OC(C)=O)[C@H]1O. The molecule has 2 aliphatic heterocycles. The molecule has 0 saturated carbocycles. The third-order valence-corrected chi connectivity index (χ3v) is 9.12. The quantitative estimate of drug-likeness (QED) is 0.138. The average Bonchev–Trinajstić information content (AvgIpc) is 3.16. The van der Waals surface area contributed by atoms with Crippen LogP contribution in [0.1, 0.15) is 44.4 Å². The Morgan fingerprint density at radius 1 is 0.564 bits per heavy atom. The number of carbonyl (C=O) groups excluding carboxylic acids is 4. The first kappa shape index (κ1) is 41.4. The lowest BCUT2D eigenvalue weighted by molar-refractivity contribution is -0.360. The summed E-state index contributed by atoms with van der Waals surface area (Å²) in [6.45, 7) is 3.63. The fourth-order valence-corrected chi connectivity index (χ4v) is 6.82. The van der Waals surface area contributed by atoms with Crippen molar-refractivity contribution in [2.24, 2.45) is 0 Å². The van der Waals surface area contributed by atoms with Crippen LogP contribution in [-0.2, 0) is 67.4 Å². The van der Waals surface area contributed by atoms with Gasteiger partial charge in [0.2, 0.25) is 0 Å². The predicted octanol–water partition coefficient (Wildman–Crippen LogP) is 2.56. The van der Waals surface area contributed by atoms with E-state index >= 15 is 0 Å². The smallest absolute Gasteiger partial charge is 0.303 e. The minimum Gasteiger partial charge on any atom is -0.463 e. The molecule has 15 heteroatoms. The number of hydrogen-bond acceptors (Lipinski definition) is 15. The second kappa shape index (κ2) is 18.7. The summed E-state index contributed by atoms with van der Waals surface area (Å²) < 4.78 is 52.3. The van der Waals surface area contributed by atoms with Crippen LogP contribution in [0.4, 0.5) is 0 Å². The second-order valence-electron chi connectivity index (χ2n) is 13.0. The van der Waals surface area contributed by atoms with Gasteiger partial charge >= 0.3 is 23.9 Å². The Balaban J connectivity index is 1.51. The predicted molar refractivity (Wildman–Crippen MR) is 190 cm³/mol. The Morgan fingerprint density at radius 3 is 1.47 bits per heavy atom. The molecule has 2 heterocycles. The van der Waals surface area contributed by atoms with Crippen molar-refractivity contribution in [2.45, 2.75) is 94.7 Å². The third kappa shape index (κ3) is 9.74. The Morgan fingerprint density at radius 2 is 1.02 bits per heavy atom. The molecule has 0 aromatic heterocycles. The van der Waals surface area contributed by atoms with Crippen LogP contribution in [0.5, 0.6) is 0 Å². The van der Waals surface area contributed by atoms with Gasteiger partial charge in [-0.3, -0.25) is 19.2 Å². The van der Waals surface area contributed by atoms with Crippen LogP contribution in [-0.4, -0.2) is 116 Å². The fraction of sp³-hybridized carbons (Fsp3) is 0.450. The maximum atomic E-state index is 12.4. The molecule has 0 amide bonds. The molecule has 3 aromatic rings. The van der Waals surface area contributed by atoms with Gasteiger partial charge in [-0.2, -0.15) is 0 Å². The van der Waals surface area contributed by atoms with Gasteiger partial charge in [-0.05, 0) is 16.7 Å². The molecule has 0 spiro atoms. The van der Waals surface area contributed by atoms with Crippen LogP contribution < -0.4 is 0 Å². The number of aliphatic hydroxyl groups excluding tert-OH is 2. The molecule has 2 saturated heterocycles. The number of aliphatic hydroxyl groups is 2. The number of hydrogen-bond donors (Lipinski definition) is 2. The van der Waals surface area contributed by atoms with Crippen molar-refractivity contribution >= 4 is 23.9 Å². The largest absolute Gasteiger partial charge is 0.463 e. The Kier molecular flexibility index (Phi) is 14.1. The molecule has 3 aromatic carbocycles. The monoisotopic (exact) mass is 766 g/mol. The first-order chi connectivity index (χ1) is 26.3. The van der Waals surface area contributed by atoms with Gasteiger partial charge in [0.1, 0.15) is 42.7 Å². The zero-order valence-corrected chi connectivity index (χ0v) is 31.0. The van der Waals surface area contributed by atoms with Crippen molar-refractivity contribution in [1.29, 1.82) is 0 Å². The highest BCUT2D eigenvalue weighted by molar-refractivity contribution is 5.68. The number of rotatable bonds is 14. The molecule has 55 heavy (non-hydrogen) atoms. The van der Waals surface area contributed by atoms with Crippen molar-refractivity contribution in [2.75, 3.05) is 20.3 Å². The molecule has 0 bridgehead atoms. The zero-order chi connectivity index (χ0) is 39.7. The highest BCUT2D eigenvalue weighted by atomic mass is 16.8. The normalized spacial score (nSPS) is 28.1. The minimum absolute atomic E-state index is 0.273. The van der Waals surface area contributed by atoms with E-state index in [9.17, 15) is 29.4 Å². The maximum absolute atomic E-state index is 12.4. The zero-order valence-electron chi connectivity index (χ0n) is 31.0. The molecule has 0 unspecified atom stereocenters. The molecule has 2 aliphatic rings. The molecule has 2 N–H and O–H groups in total. The van der Waals surface area contributed by atoms with E-state index in [0.29, 0.717) is 0 Å². The summed E-state index contributed by atoms with van der Waals surface area (Å²) in [7, 11) is 1.29. The van der Waals surface area contributed by atoms with Gasteiger partial charge < -0.3 is 52.8 Å². The average molecular weight is 767 g/mol. The van der Waals surface area contributed by atoms with Gasteiger partial charge in [0, 0.05) is 34.8 Å². The van der Waals surface area contributed by atoms with Crippen LogP contribution in [0.2, 0.25) is 0 Å². The molecular weight excluding hydrogens is 720 g/mol. The van der Waals surface area contributed by atoms with Crippen LogP contribution >= 0.6 is 0 Å². The highest BCUT2D eigenvalue weighted by Gasteiger charge is 2.56. The van der Waals surface area contributed by atoms with E-state index < -0.39 is 97.5 Å². The molecule has 0 radical (unpaired) electrons. The third-order valence-electron chi connectivity index (χ3n) is 9.12. The maximum Gasteiger partial charge on any atom is 0.303 e. The highest BCUT2D eigenvalue weighted by Crippen LogP contribution is 2.41. The van der Waals surface area contributed by atoms with Crippen LogP contribution in [0.15, 0.2) is 91.0 Å². The molecule has 5 rings (SSSR count). The van der Waals surface area contributed by atoms with Gasteiger partial charge in [-0.1, -0.05) is 91.0 Å². The van der Waals surface area contributed by atoms with Gasteiger partial charge in [-0.15, -0.1) is 0 Å². The van der Waals surface area contributed by atoms with Crippen molar-refractivity contribution in [3.8, 4) is 0 Å². The number of methoxy groups -OCH3 is 1. The molecule has 15 nitrogen and oxygen atoms in total. The lowest BCUT2D eigenvalue weighted by atomic mass is 9.80. The van der Waals surface area contributed by atoms with E-state index in [4.69, 9.17) is 42.6 Å². The molecule has 10 atom stereocenters. The lowest BCUT2D eigenvalue weighted by Crippen LogP contribution is -2.66. The number of ether oxygens (including phenoxy) is 9. The fourth-order valence-electron chi connectivity index (χ4n) is 6.82. The minimum atomic E-state index is -1.70. The summed E-state index contributed by atoms with van der Waals surface area (Å²) in [6, 6.07) is 28.6. The van der Waals surface area contributed by atoms with E-state index in [1.54, 1.807) is 0 Å². The van der Waals surface area contributed by atoms with Crippen LogP contribution in [0.25, 0.3) is 0 Å². The summed E-state index contributed by atoms with van der Waals surface area (Å²) in [5.41, 5.74) is 1.14. The number of esters is 4. The number of benzene rings is 3. The first-order valence-electron chi connectivity index (χ1n) is 17.7. The van der Waals surface area contributed by atoms with Gasteiger partial charge in [-0.25, -0.2) is 0 Å². The molecule has 0 aliphatic carbocycles. The Labute approximate surface area is 318 Å². The topological polar surface area (TPSA) is 192 Å². The van der Waals surface area contributed by atoms with Crippen molar-refractivity contribution in [3.05, 3.63) is 108 Å². The second-order valence-corrected chi connectivity index (χ2v) is 13.0. The summed E-state index contributed by atoms with van der Waals surface area (Å²) in [5, 5.41) is 23.4. The van der Waals surface area contributed by atoms with Gasteiger partial charge in [0.05, 0.1) is 6.61 Å². The standard InChI is InChI=1S/C40H46O15/c1-23(41)48-21-31-34(50-24(2)42)36(51-25(3)43)37(52-26(4)44)39(54-31)55-35-32(45)30(53-38(47-5)33(35)46)22-49-40(27-15-9-6-10-16-27,28-17-11-7-12-18-28)29-19-13-8-14-20-29/h6-20,30-39,45-46H,21-22H2,1-5H3/t30-,31-,32+,33-,34-,35+,36+,37-,38+,39+/m1/s1. The summed E-state index contributed by atoms with van der Waals surface area (Å²) in [4.78, 5) is 48.7. The van der Waals surface area contributed by atoms with Crippen molar-refractivity contribution < 1.29 is 72.0 Å². The van der Waals surface area contributed by atoms with E-state index in [-0.39, 0.29) is 6.61 Å². The summed E-state index contributed by atoms with van der Waals surface area (Å²) >= 11 is 0. The summed E-state index contributed by atoms with van der Waals surface area (Å²) in [6.07, 6.45) is -15.1.